The van der Waals surface area contributed by atoms with Crippen LogP contribution in [0.1, 0.15) is 18.9 Å². The zero-order valence-electron chi connectivity index (χ0n) is 11.1. The summed E-state index contributed by atoms with van der Waals surface area (Å²) in [5.41, 5.74) is 0. The number of nitrogens with zero attached hydrogens (tertiary/aromatic N) is 2. The molecule has 0 bridgehead atoms. The molecule has 1 amide bonds. The average molecular weight is 312 g/mol. The number of para-hydroxylation sites is 1. The standard InChI is InChI=1S/C13H14ClN3O2S/c1-3-11-16-17-13(20-11)15-12(18)8(2)19-10-7-5-4-6-9(10)14/h4-8H,3H2,1-2H3,(H,15,17,18)/t8-/m1/s1. The van der Waals surface area contributed by atoms with Crippen LogP contribution in [0, 0.1) is 0 Å². The van der Waals surface area contributed by atoms with Gasteiger partial charge < -0.3 is 4.74 Å². The van der Waals surface area contributed by atoms with Crippen LogP contribution in [-0.2, 0) is 11.2 Å². The summed E-state index contributed by atoms with van der Waals surface area (Å²) in [5, 5.41) is 12.3. The molecule has 0 saturated heterocycles. The highest BCUT2D eigenvalue weighted by molar-refractivity contribution is 7.15. The van der Waals surface area contributed by atoms with Crippen molar-refractivity contribution in [2.24, 2.45) is 0 Å². The van der Waals surface area contributed by atoms with Gasteiger partial charge in [0.2, 0.25) is 5.13 Å². The minimum absolute atomic E-state index is 0.288. The monoisotopic (exact) mass is 311 g/mol. The van der Waals surface area contributed by atoms with Crippen LogP contribution in [0.4, 0.5) is 5.13 Å². The summed E-state index contributed by atoms with van der Waals surface area (Å²) in [6, 6.07) is 7.02. The van der Waals surface area contributed by atoms with E-state index in [0.717, 1.165) is 11.4 Å². The smallest absolute Gasteiger partial charge is 0.266 e. The van der Waals surface area contributed by atoms with Gasteiger partial charge in [-0.05, 0) is 25.5 Å². The summed E-state index contributed by atoms with van der Waals surface area (Å²) < 4.78 is 5.52. The summed E-state index contributed by atoms with van der Waals surface area (Å²) in [7, 11) is 0. The van der Waals surface area contributed by atoms with Gasteiger partial charge in [-0.2, -0.15) is 0 Å². The highest BCUT2D eigenvalue weighted by Crippen LogP contribution is 2.24. The second kappa shape index (κ2) is 6.67. The third kappa shape index (κ3) is 3.68. The quantitative estimate of drug-likeness (QED) is 0.921. The number of carbonyl (C=O) groups excluding carboxylic acids is 1. The number of aryl methyl sites for hydroxylation is 1. The molecule has 1 heterocycles. The van der Waals surface area contributed by atoms with Crippen molar-refractivity contribution < 1.29 is 9.53 Å². The second-order valence-corrected chi connectivity index (χ2v) is 5.50. The summed E-state index contributed by atoms with van der Waals surface area (Å²) in [5.74, 6) is 0.187. The lowest BCUT2D eigenvalue weighted by Gasteiger charge is -2.14. The molecule has 0 saturated carbocycles. The number of nitrogens with one attached hydrogen (secondary N) is 1. The number of halogens is 1. The fraction of sp³-hybridized carbons (Fsp3) is 0.308. The summed E-state index contributed by atoms with van der Waals surface area (Å²) in [4.78, 5) is 12.0. The molecule has 1 aromatic carbocycles. The molecule has 1 atom stereocenters. The Morgan fingerprint density at radius 1 is 1.45 bits per heavy atom. The van der Waals surface area contributed by atoms with Crippen LogP contribution in [0.3, 0.4) is 0 Å². The zero-order chi connectivity index (χ0) is 14.5. The van der Waals surface area contributed by atoms with Crippen molar-refractivity contribution in [3.05, 3.63) is 34.3 Å². The van der Waals surface area contributed by atoms with Crippen LogP contribution in [-0.4, -0.2) is 22.2 Å². The van der Waals surface area contributed by atoms with Crippen molar-refractivity contribution in [3.63, 3.8) is 0 Å². The predicted octanol–water partition coefficient (Wildman–Crippen LogP) is 3.16. The first-order valence-corrected chi connectivity index (χ1v) is 7.34. The highest BCUT2D eigenvalue weighted by Gasteiger charge is 2.17. The number of carbonyl (C=O) groups is 1. The molecular formula is C13H14ClN3O2S. The van der Waals surface area contributed by atoms with Gasteiger partial charge in [-0.15, -0.1) is 10.2 Å². The maximum Gasteiger partial charge on any atom is 0.266 e. The van der Waals surface area contributed by atoms with Crippen LogP contribution in [0.25, 0.3) is 0 Å². The molecule has 5 nitrogen and oxygen atoms in total. The van der Waals surface area contributed by atoms with Crippen LogP contribution in [0.15, 0.2) is 24.3 Å². The van der Waals surface area contributed by atoms with E-state index in [1.807, 2.05) is 6.92 Å². The van der Waals surface area contributed by atoms with Gasteiger partial charge in [-0.1, -0.05) is 42.0 Å². The Morgan fingerprint density at radius 2 is 2.20 bits per heavy atom. The van der Waals surface area contributed by atoms with Crippen molar-refractivity contribution in [2.45, 2.75) is 26.4 Å². The molecule has 1 N–H and O–H groups in total. The van der Waals surface area contributed by atoms with Crippen molar-refractivity contribution in [1.82, 2.24) is 10.2 Å². The van der Waals surface area contributed by atoms with E-state index in [4.69, 9.17) is 16.3 Å². The van der Waals surface area contributed by atoms with Crippen LogP contribution < -0.4 is 10.1 Å². The van der Waals surface area contributed by atoms with E-state index in [1.54, 1.807) is 31.2 Å². The number of amides is 1. The summed E-state index contributed by atoms with van der Waals surface area (Å²) in [6.07, 6.45) is 0.114. The number of ether oxygens (including phenoxy) is 1. The topological polar surface area (TPSA) is 64.1 Å². The minimum atomic E-state index is -0.677. The third-order valence-corrected chi connectivity index (χ3v) is 3.80. The van der Waals surface area contributed by atoms with Crippen molar-refractivity contribution in [2.75, 3.05) is 5.32 Å². The van der Waals surface area contributed by atoms with E-state index in [0.29, 0.717) is 15.9 Å². The van der Waals surface area contributed by atoms with E-state index in [-0.39, 0.29) is 5.91 Å². The van der Waals surface area contributed by atoms with Crippen LogP contribution >= 0.6 is 22.9 Å². The first-order valence-electron chi connectivity index (χ1n) is 6.14. The molecule has 106 valence electrons. The van der Waals surface area contributed by atoms with Gasteiger partial charge in [0, 0.05) is 0 Å². The lowest BCUT2D eigenvalue weighted by atomic mass is 10.3. The Hall–Kier alpha value is -1.66. The highest BCUT2D eigenvalue weighted by atomic mass is 35.5. The molecule has 0 aliphatic heterocycles. The summed E-state index contributed by atoms with van der Waals surface area (Å²) in [6.45, 7) is 3.63. The maximum atomic E-state index is 12.0. The molecule has 7 heteroatoms. The lowest BCUT2D eigenvalue weighted by Crippen LogP contribution is -2.30. The molecule has 2 rings (SSSR count). The fourth-order valence-electron chi connectivity index (χ4n) is 1.44. The number of hydrogen-bond acceptors (Lipinski definition) is 5. The van der Waals surface area contributed by atoms with Gasteiger partial charge in [-0.25, -0.2) is 0 Å². The molecule has 20 heavy (non-hydrogen) atoms. The number of benzene rings is 1. The second-order valence-electron chi connectivity index (χ2n) is 4.03. The fourth-order valence-corrected chi connectivity index (χ4v) is 2.30. The maximum absolute atomic E-state index is 12.0. The normalized spacial score (nSPS) is 11.9. The lowest BCUT2D eigenvalue weighted by molar-refractivity contribution is -0.122. The van der Waals surface area contributed by atoms with Gasteiger partial charge in [0.15, 0.2) is 6.10 Å². The van der Waals surface area contributed by atoms with Crippen LogP contribution in [0.2, 0.25) is 5.02 Å². The molecule has 0 unspecified atom stereocenters. The van der Waals surface area contributed by atoms with Crippen molar-refractivity contribution in [1.29, 1.82) is 0 Å². The SMILES string of the molecule is CCc1nnc(NC(=O)[C@@H](C)Oc2ccccc2Cl)s1. The molecule has 1 aromatic heterocycles. The van der Waals surface area contributed by atoms with E-state index in [2.05, 4.69) is 15.5 Å². The van der Waals surface area contributed by atoms with Gasteiger partial charge in [0.25, 0.3) is 5.91 Å². The van der Waals surface area contributed by atoms with Gasteiger partial charge >= 0.3 is 0 Å². The number of anilines is 1. The largest absolute Gasteiger partial charge is 0.479 e. The van der Waals surface area contributed by atoms with E-state index in [9.17, 15) is 4.79 Å². The first kappa shape index (κ1) is 14.7. The van der Waals surface area contributed by atoms with E-state index < -0.39 is 6.10 Å². The summed E-state index contributed by atoms with van der Waals surface area (Å²) >= 11 is 7.33. The number of rotatable bonds is 5. The Bertz CT molecular complexity index is 603. The van der Waals surface area contributed by atoms with Crippen molar-refractivity contribution >= 4 is 34.0 Å². The molecule has 0 spiro atoms. The Kier molecular flexibility index (Phi) is 4.92. The van der Waals surface area contributed by atoms with Gasteiger partial charge in [-0.3, -0.25) is 10.1 Å². The first-order chi connectivity index (χ1) is 9.60. The van der Waals surface area contributed by atoms with Gasteiger partial charge in [0.05, 0.1) is 5.02 Å². The van der Waals surface area contributed by atoms with E-state index >= 15 is 0 Å². The zero-order valence-corrected chi connectivity index (χ0v) is 12.7. The minimum Gasteiger partial charge on any atom is -0.479 e. The van der Waals surface area contributed by atoms with Crippen LogP contribution in [0.5, 0.6) is 5.75 Å². The molecule has 0 fully saturated rings. The Morgan fingerprint density at radius 3 is 2.85 bits per heavy atom. The predicted molar refractivity (Wildman–Crippen MR) is 79.5 cm³/mol. The Balaban J connectivity index is 1.97. The number of aromatic nitrogens is 2. The average Bonchev–Trinajstić information content (AvgIpc) is 2.89. The third-order valence-electron chi connectivity index (χ3n) is 2.51. The van der Waals surface area contributed by atoms with Gasteiger partial charge in [0.1, 0.15) is 10.8 Å². The molecular weight excluding hydrogens is 298 g/mol. The van der Waals surface area contributed by atoms with E-state index in [1.165, 1.54) is 11.3 Å². The van der Waals surface area contributed by atoms with Crippen molar-refractivity contribution in [3.8, 4) is 5.75 Å². The molecule has 0 aliphatic rings. The molecule has 2 aromatic rings. The Labute approximate surface area is 125 Å². The molecule has 0 radical (unpaired) electrons. The number of hydrogen-bond donors (Lipinski definition) is 1. The molecule has 0 aliphatic carbocycles.